The number of benzene rings is 1. The Morgan fingerprint density at radius 2 is 2.00 bits per heavy atom. The first-order chi connectivity index (χ1) is 8.81. The Morgan fingerprint density at radius 1 is 1.37 bits per heavy atom. The van der Waals surface area contributed by atoms with Crippen LogP contribution in [0.4, 0.5) is 4.39 Å². The second-order valence-electron chi connectivity index (χ2n) is 4.96. The van der Waals surface area contributed by atoms with Gasteiger partial charge >= 0.3 is 5.97 Å². The summed E-state index contributed by atoms with van der Waals surface area (Å²) < 4.78 is 13.3. The Bertz CT molecular complexity index is 486. The number of nitrogens with one attached hydrogen (secondary N) is 1. The van der Waals surface area contributed by atoms with Crippen LogP contribution in [-0.4, -0.2) is 23.0 Å². The van der Waals surface area contributed by atoms with Crippen LogP contribution in [0.25, 0.3) is 0 Å². The highest BCUT2D eigenvalue weighted by Crippen LogP contribution is 2.11. The lowest BCUT2D eigenvalue weighted by Gasteiger charge is -2.16. The number of carboxylic acid groups (broad SMARTS) is 1. The average Bonchev–Trinajstić information content (AvgIpc) is 2.31. The van der Waals surface area contributed by atoms with Gasteiger partial charge < -0.3 is 10.4 Å². The molecule has 0 heterocycles. The van der Waals surface area contributed by atoms with E-state index in [1.54, 1.807) is 6.92 Å². The lowest BCUT2D eigenvalue weighted by atomic mass is 10.0. The van der Waals surface area contributed by atoms with Crippen molar-refractivity contribution in [3.05, 3.63) is 35.1 Å². The summed E-state index contributed by atoms with van der Waals surface area (Å²) in [5.74, 6) is -2.01. The van der Waals surface area contributed by atoms with Crippen molar-refractivity contribution >= 4 is 11.9 Å². The quantitative estimate of drug-likeness (QED) is 0.860. The Hall–Kier alpha value is -1.91. The minimum atomic E-state index is -1.09. The molecule has 0 bridgehead atoms. The molecule has 2 N–H and O–H groups in total. The van der Waals surface area contributed by atoms with Gasteiger partial charge in [-0.05, 0) is 37.0 Å². The van der Waals surface area contributed by atoms with Crippen molar-refractivity contribution in [3.8, 4) is 0 Å². The molecule has 0 unspecified atom stereocenters. The van der Waals surface area contributed by atoms with Gasteiger partial charge in [0.1, 0.15) is 11.9 Å². The van der Waals surface area contributed by atoms with Crippen LogP contribution < -0.4 is 5.32 Å². The SMILES string of the molecule is Cc1ccc(C(=O)N[C@H](CC(C)C)C(=O)O)cc1F. The maximum atomic E-state index is 13.3. The summed E-state index contributed by atoms with van der Waals surface area (Å²) in [7, 11) is 0. The second-order valence-corrected chi connectivity index (χ2v) is 4.96. The van der Waals surface area contributed by atoms with Crippen molar-refractivity contribution in [1.29, 1.82) is 0 Å². The molecule has 1 atom stereocenters. The Balaban J connectivity index is 2.81. The number of amides is 1. The molecule has 0 saturated heterocycles. The first kappa shape index (κ1) is 15.1. The van der Waals surface area contributed by atoms with E-state index in [4.69, 9.17) is 5.11 Å². The van der Waals surface area contributed by atoms with Crippen LogP contribution in [0.5, 0.6) is 0 Å². The topological polar surface area (TPSA) is 66.4 Å². The Morgan fingerprint density at radius 3 is 2.47 bits per heavy atom. The maximum absolute atomic E-state index is 13.3. The second kappa shape index (κ2) is 6.31. The molecule has 0 aliphatic rings. The summed E-state index contributed by atoms with van der Waals surface area (Å²) in [4.78, 5) is 22.9. The summed E-state index contributed by atoms with van der Waals surface area (Å²) in [6.07, 6.45) is 0.329. The molecule has 0 saturated carbocycles. The molecule has 4 nitrogen and oxygen atoms in total. The fourth-order valence-corrected chi connectivity index (χ4v) is 1.67. The largest absolute Gasteiger partial charge is 0.480 e. The van der Waals surface area contributed by atoms with Crippen LogP contribution in [0.15, 0.2) is 18.2 Å². The van der Waals surface area contributed by atoms with E-state index in [1.807, 2.05) is 13.8 Å². The highest BCUT2D eigenvalue weighted by molar-refractivity contribution is 5.96. The molecule has 1 amide bonds. The Labute approximate surface area is 111 Å². The molecule has 1 aromatic carbocycles. The van der Waals surface area contributed by atoms with Crippen molar-refractivity contribution in [1.82, 2.24) is 5.32 Å². The van der Waals surface area contributed by atoms with Gasteiger partial charge in [-0.2, -0.15) is 0 Å². The number of carbonyl (C=O) groups excluding carboxylic acids is 1. The number of carbonyl (C=O) groups is 2. The van der Waals surface area contributed by atoms with Crippen molar-refractivity contribution in [2.45, 2.75) is 33.2 Å². The average molecular weight is 267 g/mol. The van der Waals surface area contributed by atoms with E-state index < -0.39 is 23.7 Å². The Kier molecular flexibility index (Phi) is 5.03. The third-order valence-electron chi connectivity index (χ3n) is 2.74. The predicted octanol–water partition coefficient (Wildman–Crippen LogP) is 2.36. The van der Waals surface area contributed by atoms with Crippen LogP contribution in [-0.2, 0) is 4.79 Å². The predicted molar refractivity (Wildman–Crippen MR) is 69.5 cm³/mol. The van der Waals surface area contributed by atoms with Crippen molar-refractivity contribution < 1.29 is 19.1 Å². The van der Waals surface area contributed by atoms with E-state index in [9.17, 15) is 14.0 Å². The van der Waals surface area contributed by atoms with E-state index >= 15 is 0 Å². The smallest absolute Gasteiger partial charge is 0.326 e. The number of aliphatic carboxylic acids is 1. The summed E-state index contributed by atoms with van der Waals surface area (Å²) in [6, 6.07) is 3.11. The van der Waals surface area contributed by atoms with Gasteiger partial charge in [0.15, 0.2) is 0 Å². The zero-order chi connectivity index (χ0) is 14.6. The number of aryl methyl sites for hydroxylation is 1. The van der Waals surface area contributed by atoms with E-state index in [2.05, 4.69) is 5.32 Å². The third kappa shape index (κ3) is 4.35. The molecule has 0 radical (unpaired) electrons. The molecule has 5 heteroatoms. The molecule has 0 spiro atoms. The maximum Gasteiger partial charge on any atom is 0.326 e. The molecule has 19 heavy (non-hydrogen) atoms. The molecule has 0 aliphatic heterocycles. The fraction of sp³-hybridized carbons (Fsp3) is 0.429. The first-order valence-corrected chi connectivity index (χ1v) is 6.11. The summed E-state index contributed by atoms with van der Waals surface area (Å²) in [5, 5.41) is 11.4. The number of hydrogen-bond donors (Lipinski definition) is 2. The van der Waals surface area contributed by atoms with E-state index in [1.165, 1.54) is 12.1 Å². The van der Waals surface area contributed by atoms with Gasteiger partial charge in [0.2, 0.25) is 0 Å². The molecule has 1 rings (SSSR count). The summed E-state index contributed by atoms with van der Waals surface area (Å²) in [6.45, 7) is 5.33. The number of hydrogen-bond acceptors (Lipinski definition) is 2. The normalized spacial score (nSPS) is 12.3. The van der Waals surface area contributed by atoms with Crippen molar-refractivity contribution in [2.24, 2.45) is 5.92 Å². The molecule has 0 aliphatic carbocycles. The van der Waals surface area contributed by atoms with Crippen LogP contribution in [0, 0.1) is 18.7 Å². The van der Waals surface area contributed by atoms with E-state index in [-0.39, 0.29) is 11.5 Å². The number of rotatable bonds is 5. The lowest BCUT2D eigenvalue weighted by Crippen LogP contribution is -2.41. The molecule has 0 fully saturated rings. The van der Waals surface area contributed by atoms with Gasteiger partial charge in [-0.3, -0.25) is 4.79 Å². The van der Waals surface area contributed by atoms with Gasteiger partial charge in [-0.15, -0.1) is 0 Å². The van der Waals surface area contributed by atoms with Gasteiger partial charge in [0.25, 0.3) is 5.91 Å². The highest BCUT2D eigenvalue weighted by atomic mass is 19.1. The molecular formula is C14H18FNO3. The zero-order valence-electron chi connectivity index (χ0n) is 11.2. The van der Waals surface area contributed by atoms with Crippen LogP contribution in [0.2, 0.25) is 0 Å². The summed E-state index contributed by atoms with van der Waals surface area (Å²) in [5.41, 5.74) is 0.562. The third-order valence-corrected chi connectivity index (χ3v) is 2.74. The molecular weight excluding hydrogens is 249 g/mol. The highest BCUT2D eigenvalue weighted by Gasteiger charge is 2.21. The standard InChI is InChI=1S/C14H18FNO3/c1-8(2)6-12(14(18)19)16-13(17)10-5-4-9(3)11(15)7-10/h4-5,7-8,12H,6H2,1-3H3,(H,16,17)(H,18,19)/t12-/m1/s1. The molecule has 0 aromatic heterocycles. The fourth-order valence-electron chi connectivity index (χ4n) is 1.67. The minimum Gasteiger partial charge on any atom is -0.480 e. The van der Waals surface area contributed by atoms with Crippen LogP contribution >= 0.6 is 0 Å². The zero-order valence-corrected chi connectivity index (χ0v) is 11.2. The van der Waals surface area contributed by atoms with Gasteiger partial charge in [0, 0.05) is 5.56 Å². The van der Waals surface area contributed by atoms with Crippen LogP contribution in [0.1, 0.15) is 36.2 Å². The minimum absolute atomic E-state index is 0.123. The van der Waals surface area contributed by atoms with Gasteiger partial charge in [0.05, 0.1) is 0 Å². The van der Waals surface area contributed by atoms with Gasteiger partial charge in [-0.1, -0.05) is 19.9 Å². The van der Waals surface area contributed by atoms with Gasteiger partial charge in [-0.25, -0.2) is 9.18 Å². The van der Waals surface area contributed by atoms with Crippen molar-refractivity contribution in [2.75, 3.05) is 0 Å². The lowest BCUT2D eigenvalue weighted by molar-refractivity contribution is -0.139. The molecule has 1 aromatic rings. The van der Waals surface area contributed by atoms with Crippen LogP contribution in [0.3, 0.4) is 0 Å². The van der Waals surface area contributed by atoms with E-state index in [0.29, 0.717) is 12.0 Å². The molecule has 104 valence electrons. The number of halogens is 1. The monoisotopic (exact) mass is 267 g/mol. The number of carboxylic acids is 1. The van der Waals surface area contributed by atoms with Crippen molar-refractivity contribution in [3.63, 3.8) is 0 Å². The van der Waals surface area contributed by atoms with E-state index in [0.717, 1.165) is 6.07 Å². The first-order valence-electron chi connectivity index (χ1n) is 6.11. The summed E-state index contributed by atoms with van der Waals surface area (Å²) >= 11 is 0.